The molecule has 17 heavy (non-hydrogen) atoms. The molecule has 0 saturated carbocycles. The van der Waals surface area contributed by atoms with E-state index < -0.39 is 0 Å². The highest BCUT2D eigenvalue weighted by atomic mass is 32.1. The van der Waals surface area contributed by atoms with Crippen molar-refractivity contribution in [1.29, 1.82) is 0 Å². The molecule has 0 fully saturated rings. The van der Waals surface area contributed by atoms with Gasteiger partial charge in [0.25, 0.3) is 0 Å². The lowest BCUT2D eigenvalue weighted by atomic mass is 10.1. The second kappa shape index (κ2) is 5.25. The summed E-state index contributed by atoms with van der Waals surface area (Å²) in [5, 5.41) is 3.80. The summed E-state index contributed by atoms with van der Waals surface area (Å²) in [7, 11) is 0. The Kier molecular flexibility index (Phi) is 3.71. The third-order valence-corrected chi connectivity index (χ3v) is 3.02. The minimum Gasteiger partial charge on any atom is -0.491 e. The molecule has 0 saturated heterocycles. The van der Waals surface area contributed by atoms with Crippen molar-refractivity contribution in [2.24, 2.45) is 5.73 Å². The molecule has 1 atom stereocenters. The number of ether oxygens (including phenoxy) is 1. The Labute approximate surface area is 105 Å². The SMILES string of the molecule is CC(C)Oc1cccc(C(N)c2cnns2)c1. The van der Waals surface area contributed by atoms with E-state index in [1.165, 1.54) is 11.5 Å². The summed E-state index contributed by atoms with van der Waals surface area (Å²) in [6.07, 6.45) is 1.86. The zero-order valence-electron chi connectivity index (χ0n) is 9.83. The molecule has 1 heterocycles. The zero-order chi connectivity index (χ0) is 12.3. The van der Waals surface area contributed by atoms with E-state index in [2.05, 4.69) is 9.59 Å². The lowest BCUT2D eigenvalue weighted by Gasteiger charge is -2.13. The van der Waals surface area contributed by atoms with Gasteiger partial charge in [-0.25, -0.2) is 0 Å². The molecule has 4 nitrogen and oxygen atoms in total. The van der Waals surface area contributed by atoms with Crippen LogP contribution in [0, 0.1) is 0 Å². The first kappa shape index (κ1) is 12.0. The number of aromatic nitrogens is 2. The first-order valence-electron chi connectivity index (χ1n) is 5.46. The smallest absolute Gasteiger partial charge is 0.120 e. The van der Waals surface area contributed by atoms with Gasteiger partial charge in [0.05, 0.1) is 23.2 Å². The highest BCUT2D eigenvalue weighted by Gasteiger charge is 2.12. The Morgan fingerprint density at radius 1 is 1.35 bits per heavy atom. The van der Waals surface area contributed by atoms with Gasteiger partial charge in [0.15, 0.2) is 0 Å². The molecule has 0 bridgehead atoms. The molecule has 5 heteroatoms. The molecule has 0 aliphatic carbocycles. The molecule has 1 aromatic heterocycles. The molecule has 2 aromatic rings. The number of hydrogen-bond acceptors (Lipinski definition) is 5. The van der Waals surface area contributed by atoms with Crippen LogP contribution in [-0.4, -0.2) is 15.7 Å². The number of rotatable bonds is 4. The number of nitrogens with two attached hydrogens (primary N) is 1. The topological polar surface area (TPSA) is 61.0 Å². The van der Waals surface area contributed by atoms with E-state index in [9.17, 15) is 0 Å². The van der Waals surface area contributed by atoms with Gasteiger partial charge in [-0.05, 0) is 43.1 Å². The van der Waals surface area contributed by atoms with Crippen LogP contribution < -0.4 is 10.5 Å². The number of nitrogens with zero attached hydrogens (tertiary/aromatic N) is 2. The minimum absolute atomic E-state index is 0.159. The van der Waals surface area contributed by atoms with Crippen molar-refractivity contribution in [1.82, 2.24) is 9.59 Å². The first-order chi connectivity index (χ1) is 8.16. The summed E-state index contributed by atoms with van der Waals surface area (Å²) < 4.78 is 9.46. The average Bonchev–Trinajstić information content (AvgIpc) is 2.81. The van der Waals surface area contributed by atoms with Crippen LogP contribution in [0.25, 0.3) is 0 Å². The normalized spacial score (nSPS) is 12.7. The van der Waals surface area contributed by atoms with Gasteiger partial charge < -0.3 is 10.5 Å². The molecule has 1 unspecified atom stereocenters. The molecule has 2 rings (SSSR count). The molecule has 0 amide bonds. The molecule has 0 spiro atoms. The van der Waals surface area contributed by atoms with E-state index in [-0.39, 0.29) is 12.1 Å². The van der Waals surface area contributed by atoms with Gasteiger partial charge in [-0.15, -0.1) is 5.10 Å². The van der Waals surface area contributed by atoms with E-state index >= 15 is 0 Å². The van der Waals surface area contributed by atoms with Crippen LogP contribution in [0.2, 0.25) is 0 Å². The first-order valence-corrected chi connectivity index (χ1v) is 6.23. The highest BCUT2D eigenvalue weighted by Crippen LogP contribution is 2.24. The molecule has 2 N–H and O–H groups in total. The summed E-state index contributed by atoms with van der Waals surface area (Å²) in [5.74, 6) is 0.838. The summed E-state index contributed by atoms with van der Waals surface area (Å²) >= 11 is 1.32. The van der Waals surface area contributed by atoms with Gasteiger partial charge >= 0.3 is 0 Å². The van der Waals surface area contributed by atoms with E-state index in [4.69, 9.17) is 10.5 Å². The van der Waals surface area contributed by atoms with Crippen LogP contribution in [0.3, 0.4) is 0 Å². The van der Waals surface area contributed by atoms with Crippen molar-refractivity contribution in [2.75, 3.05) is 0 Å². The second-order valence-corrected chi connectivity index (χ2v) is 4.85. The Bertz CT molecular complexity index is 470. The molecule has 90 valence electrons. The Morgan fingerprint density at radius 2 is 2.18 bits per heavy atom. The molecule has 0 aliphatic rings. The predicted molar refractivity (Wildman–Crippen MR) is 68.1 cm³/mol. The third kappa shape index (κ3) is 3.01. The van der Waals surface area contributed by atoms with E-state index in [1.807, 2.05) is 38.1 Å². The van der Waals surface area contributed by atoms with Crippen LogP contribution in [0.4, 0.5) is 0 Å². The van der Waals surface area contributed by atoms with Gasteiger partial charge in [0.1, 0.15) is 5.75 Å². The van der Waals surface area contributed by atoms with Crippen molar-refractivity contribution in [3.63, 3.8) is 0 Å². The summed E-state index contributed by atoms with van der Waals surface area (Å²) in [6, 6.07) is 7.63. The fourth-order valence-corrected chi connectivity index (χ4v) is 2.06. The van der Waals surface area contributed by atoms with Gasteiger partial charge in [-0.3, -0.25) is 0 Å². The van der Waals surface area contributed by atoms with E-state index in [0.29, 0.717) is 0 Å². The minimum atomic E-state index is -0.189. The van der Waals surface area contributed by atoms with Crippen molar-refractivity contribution in [3.05, 3.63) is 40.9 Å². The largest absolute Gasteiger partial charge is 0.491 e. The van der Waals surface area contributed by atoms with Crippen molar-refractivity contribution < 1.29 is 4.74 Å². The van der Waals surface area contributed by atoms with Gasteiger partial charge in [0, 0.05) is 0 Å². The van der Waals surface area contributed by atoms with Crippen LogP contribution >= 0.6 is 11.5 Å². The lowest BCUT2D eigenvalue weighted by molar-refractivity contribution is 0.242. The predicted octanol–water partition coefficient (Wildman–Crippen LogP) is 2.37. The highest BCUT2D eigenvalue weighted by molar-refractivity contribution is 7.05. The Morgan fingerprint density at radius 3 is 2.82 bits per heavy atom. The molecule has 1 aromatic carbocycles. The van der Waals surface area contributed by atoms with Crippen LogP contribution in [-0.2, 0) is 0 Å². The second-order valence-electron chi connectivity index (χ2n) is 4.04. The maximum absolute atomic E-state index is 6.14. The third-order valence-electron chi connectivity index (χ3n) is 2.27. The monoisotopic (exact) mass is 249 g/mol. The van der Waals surface area contributed by atoms with E-state index in [0.717, 1.165) is 16.2 Å². The number of hydrogen-bond donors (Lipinski definition) is 1. The Balaban J connectivity index is 2.21. The summed E-state index contributed by atoms with van der Waals surface area (Å²) in [4.78, 5) is 0.951. The molecule has 0 aliphatic heterocycles. The fourth-order valence-electron chi connectivity index (χ4n) is 1.53. The van der Waals surface area contributed by atoms with Gasteiger partial charge in [0.2, 0.25) is 0 Å². The average molecular weight is 249 g/mol. The fraction of sp³-hybridized carbons (Fsp3) is 0.333. The van der Waals surface area contributed by atoms with Crippen molar-refractivity contribution >= 4 is 11.5 Å². The Hall–Kier alpha value is -1.46. The molecular formula is C12H15N3OS. The van der Waals surface area contributed by atoms with Crippen LogP contribution in [0.5, 0.6) is 5.75 Å². The summed E-state index contributed by atoms with van der Waals surface area (Å²) in [5.41, 5.74) is 7.14. The zero-order valence-corrected chi connectivity index (χ0v) is 10.6. The van der Waals surface area contributed by atoms with Crippen molar-refractivity contribution in [2.45, 2.75) is 26.0 Å². The van der Waals surface area contributed by atoms with E-state index in [1.54, 1.807) is 6.20 Å². The van der Waals surface area contributed by atoms with Crippen LogP contribution in [0.1, 0.15) is 30.3 Å². The van der Waals surface area contributed by atoms with Gasteiger partial charge in [-0.2, -0.15) is 0 Å². The molecule has 0 radical (unpaired) electrons. The summed E-state index contributed by atoms with van der Waals surface area (Å²) in [6.45, 7) is 4.00. The van der Waals surface area contributed by atoms with Crippen molar-refractivity contribution in [3.8, 4) is 5.75 Å². The molecular weight excluding hydrogens is 234 g/mol. The number of benzene rings is 1. The lowest BCUT2D eigenvalue weighted by Crippen LogP contribution is -2.11. The van der Waals surface area contributed by atoms with Crippen LogP contribution in [0.15, 0.2) is 30.5 Å². The maximum atomic E-state index is 6.14. The quantitative estimate of drug-likeness (QED) is 0.903. The standard InChI is InChI=1S/C12H15N3OS/c1-8(2)16-10-5-3-4-9(6-10)12(13)11-7-14-15-17-11/h3-8,12H,13H2,1-2H3. The van der Waals surface area contributed by atoms with Gasteiger partial charge in [-0.1, -0.05) is 16.6 Å². The maximum Gasteiger partial charge on any atom is 0.120 e.